The van der Waals surface area contributed by atoms with E-state index in [9.17, 15) is 0 Å². The summed E-state index contributed by atoms with van der Waals surface area (Å²) in [4.78, 5) is 2.49. The molecule has 1 fully saturated rings. The molecule has 80 valence electrons. The molecular weight excluding hydrogens is 174 g/mol. The highest BCUT2D eigenvalue weighted by Crippen LogP contribution is 2.01. The van der Waals surface area contributed by atoms with E-state index in [1.165, 1.54) is 19.4 Å². The van der Waals surface area contributed by atoms with Crippen molar-refractivity contribution in [2.75, 3.05) is 32.7 Å². The van der Waals surface area contributed by atoms with Gasteiger partial charge in [-0.1, -0.05) is 0 Å². The average molecular weight is 195 g/mol. The molecule has 0 aromatic heterocycles. The van der Waals surface area contributed by atoms with E-state index in [0.717, 1.165) is 32.6 Å². The molecule has 3 heteroatoms. The number of unbranched alkanes of at least 4 members (excludes halogenated alkanes) is 2. The molecule has 14 heavy (non-hydrogen) atoms. The van der Waals surface area contributed by atoms with Gasteiger partial charge in [-0.25, -0.2) is 5.01 Å². The Balaban J connectivity index is 1.98. The van der Waals surface area contributed by atoms with Gasteiger partial charge in [-0.15, -0.1) is 11.8 Å². The van der Waals surface area contributed by atoms with Crippen LogP contribution in [-0.4, -0.2) is 42.6 Å². The van der Waals surface area contributed by atoms with Gasteiger partial charge in [0.05, 0.1) is 0 Å². The lowest BCUT2D eigenvalue weighted by molar-refractivity contribution is 0.132. The molecule has 0 atom stereocenters. The van der Waals surface area contributed by atoms with Crippen LogP contribution in [0.5, 0.6) is 0 Å². The number of hydrazine groups is 1. The Morgan fingerprint density at radius 2 is 1.86 bits per heavy atom. The third-order valence-corrected chi connectivity index (χ3v) is 2.61. The van der Waals surface area contributed by atoms with E-state index in [-0.39, 0.29) is 0 Å². The largest absolute Gasteiger partial charge is 0.301 e. The van der Waals surface area contributed by atoms with Crippen molar-refractivity contribution in [3.63, 3.8) is 0 Å². The fourth-order valence-corrected chi connectivity index (χ4v) is 1.66. The molecule has 1 rings (SSSR count). The lowest BCUT2D eigenvalue weighted by atomic mass is 10.2. The number of rotatable bonds is 4. The molecule has 1 aliphatic heterocycles. The van der Waals surface area contributed by atoms with Gasteiger partial charge in [-0.05, 0) is 26.3 Å². The van der Waals surface area contributed by atoms with Crippen molar-refractivity contribution in [2.45, 2.75) is 26.2 Å². The SMILES string of the molecule is CC#CCCCCN1CCN(N)CC1. The molecule has 1 aliphatic rings. The molecule has 0 aromatic rings. The van der Waals surface area contributed by atoms with Gasteiger partial charge < -0.3 is 4.90 Å². The topological polar surface area (TPSA) is 32.5 Å². The molecule has 0 bridgehead atoms. The number of nitrogens with two attached hydrogens (primary N) is 1. The Bertz CT molecular complexity index is 196. The van der Waals surface area contributed by atoms with Crippen LogP contribution in [-0.2, 0) is 0 Å². The number of nitrogens with zero attached hydrogens (tertiary/aromatic N) is 2. The Hall–Kier alpha value is -0.560. The second kappa shape index (κ2) is 6.83. The van der Waals surface area contributed by atoms with Gasteiger partial charge in [0.1, 0.15) is 0 Å². The summed E-state index contributed by atoms with van der Waals surface area (Å²) in [6.45, 7) is 7.37. The minimum absolute atomic E-state index is 1.01. The molecule has 0 aromatic carbocycles. The van der Waals surface area contributed by atoms with Crippen molar-refractivity contribution in [3.05, 3.63) is 0 Å². The van der Waals surface area contributed by atoms with Crippen molar-refractivity contribution >= 4 is 0 Å². The van der Waals surface area contributed by atoms with Crippen LogP contribution in [0.25, 0.3) is 0 Å². The summed E-state index contributed by atoms with van der Waals surface area (Å²) in [6, 6.07) is 0. The fourth-order valence-electron chi connectivity index (χ4n) is 1.66. The minimum atomic E-state index is 1.01. The first-order valence-corrected chi connectivity index (χ1v) is 5.44. The fraction of sp³-hybridized carbons (Fsp3) is 0.818. The maximum Gasteiger partial charge on any atom is 0.0257 e. The molecule has 0 spiro atoms. The summed E-state index contributed by atoms with van der Waals surface area (Å²) in [5.41, 5.74) is 0. The van der Waals surface area contributed by atoms with Crippen LogP contribution in [0.4, 0.5) is 0 Å². The Kier molecular flexibility index (Phi) is 5.62. The van der Waals surface area contributed by atoms with E-state index in [1.807, 2.05) is 11.9 Å². The first-order valence-electron chi connectivity index (χ1n) is 5.44. The van der Waals surface area contributed by atoms with E-state index >= 15 is 0 Å². The molecule has 0 aliphatic carbocycles. The second-order valence-electron chi connectivity index (χ2n) is 3.76. The van der Waals surface area contributed by atoms with E-state index in [0.29, 0.717) is 0 Å². The molecule has 0 radical (unpaired) electrons. The van der Waals surface area contributed by atoms with Gasteiger partial charge in [-0.2, -0.15) is 0 Å². The van der Waals surface area contributed by atoms with Gasteiger partial charge in [0.25, 0.3) is 0 Å². The maximum absolute atomic E-state index is 5.68. The van der Waals surface area contributed by atoms with Gasteiger partial charge >= 0.3 is 0 Å². The molecule has 0 amide bonds. The van der Waals surface area contributed by atoms with Crippen LogP contribution in [0.3, 0.4) is 0 Å². The molecule has 0 saturated carbocycles. The Morgan fingerprint density at radius 3 is 2.50 bits per heavy atom. The molecule has 2 N–H and O–H groups in total. The van der Waals surface area contributed by atoms with E-state index < -0.39 is 0 Å². The van der Waals surface area contributed by atoms with Gasteiger partial charge in [0.2, 0.25) is 0 Å². The second-order valence-corrected chi connectivity index (χ2v) is 3.76. The first-order chi connectivity index (χ1) is 6.83. The van der Waals surface area contributed by atoms with Crippen molar-refractivity contribution < 1.29 is 0 Å². The summed E-state index contributed by atoms with van der Waals surface area (Å²) in [5.74, 6) is 11.7. The van der Waals surface area contributed by atoms with E-state index in [2.05, 4.69) is 16.7 Å². The zero-order valence-corrected chi connectivity index (χ0v) is 9.13. The van der Waals surface area contributed by atoms with Crippen LogP contribution < -0.4 is 5.84 Å². The predicted octanol–water partition coefficient (Wildman–Crippen LogP) is 0.671. The Labute approximate surface area is 87.2 Å². The van der Waals surface area contributed by atoms with Crippen molar-refractivity contribution in [3.8, 4) is 11.8 Å². The molecule has 1 saturated heterocycles. The quantitative estimate of drug-likeness (QED) is 0.406. The predicted molar refractivity (Wildman–Crippen MR) is 59.5 cm³/mol. The lowest BCUT2D eigenvalue weighted by Gasteiger charge is -2.31. The normalized spacial score (nSPS) is 19.0. The number of hydrogen-bond donors (Lipinski definition) is 1. The monoisotopic (exact) mass is 195 g/mol. The maximum atomic E-state index is 5.68. The number of hydrogen-bond acceptors (Lipinski definition) is 3. The molecule has 3 nitrogen and oxygen atoms in total. The first kappa shape index (κ1) is 11.5. The zero-order valence-electron chi connectivity index (χ0n) is 9.13. The van der Waals surface area contributed by atoms with Crippen molar-refractivity contribution in [1.29, 1.82) is 0 Å². The minimum Gasteiger partial charge on any atom is -0.301 e. The van der Waals surface area contributed by atoms with E-state index in [1.54, 1.807) is 0 Å². The van der Waals surface area contributed by atoms with Crippen molar-refractivity contribution in [2.24, 2.45) is 5.84 Å². The highest BCUT2D eigenvalue weighted by atomic mass is 15.4. The van der Waals surface area contributed by atoms with Crippen LogP contribution in [0.15, 0.2) is 0 Å². The average Bonchev–Trinajstić information content (AvgIpc) is 2.21. The summed E-state index contributed by atoms with van der Waals surface area (Å²) in [7, 11) is 0. The van der Waals surface area contributed by atoms with Crippen LogP contribution in [0, 0.1) is 11.8 Å². The van der Waals surface area contributed by atoms with Gasteiger partial charge in [0, 0.05) is 32.6 Å². The zero-order chi connectivity index (χ0) is 10.2. The van der Waals surface area contributed by atoms with Crippen LogP contribution >= 0.6 is 0 Å². The smallest absolute Gasteiger partial charge is 0.0257 e. The summed E-state index contributed by atoms with van der Waals surface area (Å²) >= 11 is 0. The number of piperazine rings is 1. The van der Waals surface area contributed by atoms with Crippen molar-refractivity contribution in [1.82, 2.24) is 9.91 Å². The summed E-state index contributed by atoms with van der Waals surface area (Å²) in [6.07, 6.45) is 3.54. The van der Waals surface area contributed by atoms with Crippen LogP contribution in [0.1, 0.15) is 26.2 Å². The summed E-state index contributed by atoms with van der Waals surface area (Å²) < 4.78 is 0. The molecular formula is C11H21N3. The third kappa shape index (κ3) is 4.61. The Morgan fingerprint density at radius 1 is 1.14 bits per heavy atom. The lowest BCUT2D eigenvalue weighted by Crippen LogP contribution is -2.49. The third-order valence-electron chi connectivity index (χ3n) is 2.61. The summed E-state index contributed by atoms with van der Waals surface area (Å²) in [5, 5.41) is 1.90. The van der Waals surface area contributed by atoms with Crippen LogP contribution in [0.2, 0.25) is 0 Å². The standard InChI is InChI=1S/C11H21N3/c1-2-3-4-5-6-7-13-8-10-14(12)11-9-13/h4-12H2,1H3. The molecule has 1 heterocycles. The van der Waals surface area contributed by atoms with E-state index in [4.69, 9.17) is 5.84 Å². The highest BCUT2D eigenvalue weighted by Gasteiger charge is 2.12. The molecule has 0 unspecified atom stereocenters. The van der Waals surface area contributed by atoms with Gasteiger partial charge in [-0.3, -0.25) is 5.84 Å². The highest BCUT2D eigenvalue weighted by molar-refractivity contribution is 4.94. The van der Waals surface area contributed by atoms with Gasteiger partial charge in [0.15, 0.2) is 0 Å².